The maximum absolute atomic E-state index is 14.2. The third-order valence-corrected chi connectivity index (χ3v) is 4.25. The minimum Gasteiger partial charge on any atom is -0.383 e. The number of aryl methyl sites for hydroxylation is 1. The Labute approximate surface area is 124 Å². The molecule has 3 aromatic rings. The molecule has 0 spiro atoms. The number of hydrogen-bond acceptors (Lipinski definition) is 3. The van der Waals surface area contributed by atoms with Crippen molar-refractivity contribution in [2.75, 3.05) is 5.73 Å². The van der Waals surface area contributed by atoms with Crippen molar-refractivity contribution in [2.24, 2.45) is 7.05 Å². The Bertz CT molecular complexity index is 765. The highest BCUT2D eigenvalue weighted by Gasteiger charge is 2.21. The van der Waals surface area contributed by atoms with Crippen molar-refractivity contribution >= 4 is 28.8 Å². The second-order valence-electron chi connectivity index (χ2n) is 4.31. The van der Waals surface area contributed by atoms with Crippen LogP contribution in [0.1, 0.15) is 0 Å². The van der Waals surface area contributed by atoms with Crippen LogP contribution in [0.3, 0.4) is 0 Å². The average Bonchev–Trinajstić information content (AvgIpc) is 3.03. The van der Waals surface area contributed by atoms with E-state index in [2.05, 4.69) is 5.10 Å². The molecule has 0 aliphatic carbocycles. The van der Waals surface area contributed by atoms with Crippen molar-refractivity contribution in [1.82, 2.24) is 9.78 Å². The van der Waals surface area contributed by atoms with E-state index in [-0.39, 0.29) is 5.02 Å². The Morgan fingerprint density at radius 1 is 1.30 bits per heavy atom. The molecule has 0 bridgehead atoms. The van der Waals surface area contributed by atoms with Gasteiger partial charge in [0.1, 0.15) is 11.5 Å². The average molecular weight is 308 g/mol. The normalized spacial score (nSPS) is 10.9. The van der Waals surface area contributed by atoms with Crippen LogP contribution < -0.4 is 5.73 Å². The molecule has 0 amide bonds. The number of halogens is 2. The van der Waals surface area contributed by atoms with E-state index in [1.165, 1.54) is 17.4 Å². The number of nitrogens with zero attached hydrogens (tertiary/aromatic N) is 2. The Morgan fingerprint density at radius 3 is 2.80 bits per heavy atom. The van der Waals surface area contributed by atoms with E-state index < -0.39 is 5.82 Å². The first-order valence-electron chi connectivity index (χ1n) is 5.90. The standard InChI is InChI=1S/C14H11ClFN3S/c1-19-14(17)11(10-6-3-7-20-10)13(18-19)8-4-2-5-9(15)12(8)16/h2-7H,17H2,1H3. The monoisotopic (exact) mass is 307 g/mol. The summed E-state index contributed by atoms with van der Waals surface area (Å²) in [6, 6.07) is 8.72. The summed E-state index contributed by atoms with van der Waals surface area (Å²) in [7, 11) is 1.73. The Balaban J connectivity index is 2.30. The minimum absolute atomic E-state index is 0.0730. The highest BCUT2D eigenvalue weighted by Crippen LogP contribution is 2.39. The van der Waals surface area contributed by atoms with Crippen molar-refractivity contribution in [3.63, 3.8) is 0 Å². The van der Waals surface area contributed by atoms with Gasteiger partial charge in [0.15, 0.2) is 5.82 Å². The van der Waals surface area contributed by atoms with Gasteiger partial charge in [0.2, 0.25) is 0 Å². The SMILES string of the molecule is Cn1nc(-c2cccc(Cl)c2F)c(-c2cccs2)c1N. The van der Waals surface area contributed by atoms with Gasteiger partial charge in [-0.1, -0.05) is 23.7 Å². The van der Waals surface area contributed by atoms with Crippen LogP contribution >= 0.6 is 22.9 Å². The van der Waals surface area contributed by atoms with E-state index in [9.17, 15) is 4.39 Å². The number of nitrogens with two attached hydrogens (primary N) is 1. The second-order valence-corrected chi connectivity index (χ2v) is 5.67. The van der Waals surface area contributed by atoms with Gasteiger partial charge >= 0.3 is 0 Å². The van der Waals surface area contributed by atoms with Crippen LogP contribution in [0.25, 0.3) is 21.7 Å². The third kappa shape index (κ3) is 1.99. The zero-order valence-electron chi connectivity index (χ0n) is 10.6. The Morgan fingerprint density at radius 2 is 2.10 bits per heavy atom. The lowest BCUT2D eigenvalue weighted by molar-refractivity contribution is 0.630. The van der Waals surface area contributed by atoms with Crippen molar-refractivity contribution < 1.29 is 4.39 Å². The van der Waals surface area contributed by atoms with Gasteiger partial charge < -0.3 is 5.73 Å². The van der Waals surface area contributed by atoms with E-state index in [1.54, 1.807) is 23.9 Å². The van der Waals surface area contributed by atoms with Crippen LogP contribution in [-0.2, 0) is 7.05 Å². The molecule has 0 fully saturated rings. The van der Waals surface area contributed by atoms with Crippen LogP contribution in [0.2, 0.25) is 5.02 Å². The van der Waals surface area contributed by atoms with Gasteiger partial charge in [0.25, 0.3) is 0 Å². The van der Waals surface area contributed by atoms with Gasteiger partial charge in [0.05, 0.1) is 10.6 Å². The summed E-state index contributed by atoms with van der Waals surface area (Å²) in [5.74, 6) is 0.0203. The largest absolute Gasteiger partial charge is 0.383 e. The van der Waals surface area contributed by atoms with E-state index >= 15 is 0 Å². The van der Waals surface area contributed by atoms with Crippen LogP contribution in [0.4, 0.5) is 10.2 Å². The molecule has 1 aromatic carbocycles. The molecule has 3 nitrogen and oxygen atoms in total. The first-order chi connectivity index (χ1) is 9.59. The van der Waals surface area contributed by atoms with Gasteiger partial charge in [-0.3, -0.25) is 4.68 Å². The van der Waals surface area contributed by atoms with E-state index in [0.717, 1.165) is 10.4 Å². The second kappa shape index (κ2) is 4.92. The molecule has 20 heavy (non-hydrogen) atoms. The number of anilines is 1. The summed E-state index contributed by atoms with van der Waals surface area (Å²) in [4.78, 5) is 0.949. The van der Waals surface area contributed by atoms with Crippen molar-refractivity contribution in [1.29, 1.82) is 0 Å². The maximum atomic E-state index is 14.2. The molecule has 0 aliphatic rings. The molecule has 102 valence electrons. The number of nitrogen functional groups attached to an aromatic ring is 1. The van der Waals surface area contributed by atoms with Crippen LogP contribution in [0.15, 0.2) is 35.7 Å². The summed E-state index contributed by atoms with van der Waals surface area (Å²) in [5, 5.41) is 6.36. The van der Waals surface area contributed by atoms with Gasteiger partial charge in [0, 0.05) is 17.5 Å². The molecule has 0 radical (unpaired) electrons. The Hall–Kier alpha value is -1.85. The topological polar surface area (TPSA) is 43.8 Å². The lowest BCUT2D eigenvalue weighted by Gasteiger charge is -2.04. The third-order valence-electron chi connectivity index (χ3n) is 3.07. The predicted octanol–water partition coefficient (Wildman–Crippen LogP) is 4.19. The fourth-order valence-electron chi connectivity index (χ4n) is 2.08. The van der Waals surface area contributed by atoms with Crippen LogP contribution in [0, 0.1) is 5.82 Å². The first kappa shape index (κ1) is 13.1. The first-order valence-corrected chi connectivity index (χ1v) is 7.16. The Kier molecular flexibility index (Phi) is 3.23. The molecule has 2 heterocycles. The van der Waals surface area contributed by atoms with Crippen LogP contribution in [-0.4, -0.2) is 9.78 Å². The molecular weight excluding hydrogens is 297 g/mol. The molecule has 0 unspecified atom stereocenters. The number of rotatable bonds is 2. The highest BCUT2D eigenvalue weighted by atomic mass is 35.5. The zero-order valence-corrected chi connectivity index (χ0v) is 12.2. The molecule has 0 aliphatic heterocycles. The summed E-state index contributed by atoms with van der Waals surface area (Å²) in [6.45, 7) is 0. The van der Waals surface area contributed by atoms with E-state index in [1.807, 2.05) is 17.5 Å². The quantitative estimate of drug-likeness (QED) is 0.771. The van der Waals surface area contributed by atoms with E-state index in [0.29, 0.717) is 17.1 Å². The molecular formula is C14H11ClFN3S. The maximum Gasteiger partial charge on any atom is 0.151 e. The summed E-state index contributed by atoms with van der Waals surface area (Å²) in [6.07, 6.45) is 0. The van der Waals surface area contributed by atoms with Crippen molar-refractivity contribution in [3.8, 4) is 21.7 Å². The lowest BCUT2D eigenvalue weighted by Crippen LogP contribution is -1.97. The molecule has 0 saturated heterocycles. The summed E-state index contributed by atoms with van der Waals surface area (Å²) < 4.78 is 15.8. The van der Waals surface area contributed by atoms with Gasteiger partial charge in [-0.2, -0.15) is 5.10 Å². The molecule has 2 N–H and O–H groups in total. The fraction of sp³-hybridized carbons (Fsp3) is 0.0714. The van der Waals surface area contributed by atoms with Gasteiger partial charge in [-0.15, -0.1) is 11.3 Å². The van der Waals surface area contributed by atoms with E-state index in [4.69, 9.17) is 17.3 Å². The molecule has 0 atom stereocenters. The van der Waals surface area contributed by atoms with Gasteiger partial charge in [-0.25, -0.2) is 4.39 Å². The van der Waals surface area contributed by atoms with Crippen molar-refractivity contribution in [2.45, 2.75) is 0 Å². The van der Waals surface area contributed by atoms with Crippen molar-refractivity contribution in [3.05, 3.63) is 46.6 Å². The number of benzene rings is 1. The zero-order chi connectivity index (χ0) is 14.3. The predicted molar refractivity (Wildman–Crippen MR) is 81.3 cm³/mol. The number of thiophene rings is 1. The molecule has 3 rings (SSSR count). The number of aromatic nitrogens is 2. The summed E-state index contributed by atoms with van der Waals surface area (Å²) >= 11 is 7.38. The minimum atomic E-state index is -0.481. The molecule has 6 heteroatoms. The lowest BCUT2D eigenvalue weighted by atomic mass is 10.1. The fourth-order valence-corrected chi connectivity index (χ4v) is 3.03. The number of hydrogen-bond donors (Lipinski definition) is 1. The summed E-state index contributed by atoms with van der Waals surface area (Å²) in [5.41, 5.74) is 7.67. The highest BCUT2D eigenvalue weighted by molar-refractivity contribution is 7.13. The van der Waals surface area contributed by atoms with Gasteiger partial charge in [-0.05, 0) is 23.6 Å². The van der Waals surface area contributed by atoms with Crippen LogP contribution in [0.5, 0.6) is 0 Å². The molecule has 0 saturated carbocycles. The smallest absolute Gasteiger partial charge is 0.151 e. The molecule has 2 aromatic heterocycles.